The number of likely N-dealkylation sites (N-methyl/N-ethyl adjacent to an activating group) is 1. The summed E-state index contributed by atoms with van der Waals surface area (Å²) >= 11 is 0. The van der Waals surface area contributed by atoms with Crippen molar-refractivity contribution in [1.29, 1.82) is 0 Å². The van der Waals surface area contributed by atoms with Gasteiger partial charge in [-0.05, 0) is 21.0 Å². The highest BCUT2D eigenvalue weighted by Gasteiger charge is 1.91. The maximum atomic E-state index is 10.2. The largest absolute Gasteiger partial charge is 0.302 e. The van der Waals surface area contributed by atoms with Gasteiger partial charge < -0.3 is 4.90 Å². The molecule has 2 nitrogen and oxygen atoms in total. The molecule has 0 N–H and O–H groups in total. The van der Waals surface area contributed by atoms with Gasteiger partial charge in [0.1, 0.15) is 5.78 Å². The summed E-state index contributed by atoms with van der Waals surface area (Å²) in [6.07, 6.45) is 0. The third-order valence-electron chi connectivity index (χ3n) is 0.539. The minimum Gasteiger partial charge on any atom is -0.302 e. The average molecular weight is 103 g/mol. The van der Waals surface area contributed by atoms with E-state index in [9.17, 15) is 4.79 Å². The fraction of sp³-hybridized carbons (Fsp3) is 0.800. The number of ketones is 1. The topological polar surface area (TPSA) is 20.3 Å². The van der Waals surface area contributed by atoms with E-state index in [4.69, 9.17) is 0 Å². The number of Topliss-reactive ketones (excluding diaryl/α,β-unsaturated/α-hetero) is 1. The third kappa shape index (κ3) is 5.63. The fourth-order valence-corrected chi connectivity index (χ4v) is 0.445. The normalized spacial score (nSPS) is 9.71. The van der Waals surface area contributed by atoms with Crippen LogP contribution in [0, 0.1) is 0 Å². The van der Waals surface area contributed by atoms with Gasteiger partial charge in [0.2, 0.25) is 0 Å². The number of carbonyl (C=O) groups is 1. The van der Waals surface area contributed by atoms with E-state index in [1.165, 1.54) is 0 Å². The molecule has 0 unspecified atom stereocenters. The van der Waals surface area contributed by atoms with Gasteiger partial charge in [-0.3, -0.25) is 4.79 Å². The molecule has 0 aliphatic carbocycles. The molecule has 0 atom stereocenters. The first kappa shape index (κ1) is 6.63. The van der Waals surface area contributed by atoms with Crippen molar-refractivity contribution in [1.82, 2.24) is 4.90 Å². The van der Waals surface area contributed by atoms with Gasteiger partial charge in [0.15, 0.2) is 0 Å². The van der Waals surface area contributed by atoms with Crippen molar-refractivity contribution in [3.63, 3.8) is 0 Å². The van der Waals surface area contributed by atoms with Crippen LogP contribution >= 0.6 is 0 Å². The van der Waals surface area contributed by atoms with Crippen molar-refractivity contribution >= 4 is 5.78 Å². The number of hydrogen-bond donors (Lipinski definition) is 0. The lowest BCUT2D eigenvalue weighted by Crippen LogP contribution is -2.18. The Hall–Kier alpha value is -0.370. The van der Waals surface area contributed by atoms with Gasteiger partial charge in [0.05, 0.1) is 6.54 Å². The maximum Gasteiger partial charge on any atom is 0.143 e. The summed E-state index contributed by atoms with van der Waals surface area (Å²) in [5.41, 5.74) is 0. The van der Waals surface area contributed by atoms with E-state index >= 15 is 0 Å². The zero-order chi connectivity index (χ0) is 5.86. The van der Waals surface area contributed by atoms with Crippen LogP contribution in [0.3, 0.4) is 0 Å². The van der Waals surface area contributed by atoms with Crippen molar-refractivity contribution in [2.45, 2.75) is 6.92 Å². The van der Waals surface area contributed by atoms with Crippen LogP contribution in [0.2, 0.25) is 0 Å². The van der Waals surface area contributed by atoms with Gasteiger partial charge in [-0.1, -0.05) is 0 Å². The quantitative estimate of drug-likeness (QED) is 0.503. The van der Waals surface area contributed by atoms with E-state index in [0.29, 0.717) is 6.54 Å². The molecule has 0 heterocycles. The van der Waals surface area contributed by atoms with Crippen molar-refractivity contribution in [2.75, 3.05) is 20.6 Å². The molecule has 44 valence electrons. The van der Waals surface area contributed by atoms with Gasteiger partial charge in [0, 0.05) is 1.43 Å². The first-order chi connectivity index (χ1) is 3.13. The van der Waals surface area contributed by atoms with Crippen LogP contribution in [-0.4, -0.2) is 31.3 Å². The summed E-state index contributed by atoms with van der Waals surface area (Å²) < 4.78 is 0. The fourth-order valence-electron chi connectivity index (χ4n) is 0.445. The molecule has 0 aromatic heterocycles. The standard InChI is InChI=1S/C5H11NO.H2/c1-5(7)4-6(2)3;/h4H2,1-3H3;1H. The Balaban J connectivity index is 0. The highest BCUT2D eigenvalue weighted by atomic mass is 16.1. The van der Waals surface area contributed by atoms with E-state index in [-0.39, 0.29) is 7.21 Å². The Morgan fingerprint density at radius 2 is 2.14 bits per heavy atom. The predicted molar refractivity (Wildman–Crippen MR) is 31.3 cm³/mol. The molecule has 0 fully saturated rings. The Labute approximate surface area is 45.6 Å². The van der Waals surface area contributed by atoms with E-state index in [2.05, 4.69) is 0 Å². The van der Waals surface area contributed by atoms with E-state index in [0.717, 1.165) is 0 Å². The zero-order valence-electron chi connectivity index (χ0n) is 5.06. The molecule has 0 aliphatic rings. The SMILES string of the molecule is CC(=O)CN(C)C.[HH]. The van der Waals surface area contributed by atoms with Gasteiger partial charge in [0.25, 0.3) is 0 Å². The highest BCUT2D eigenvalue weighted by Crippen LogP contribution is 1.72. The Morgan fingerprint density at radius 1 is 1.71 bits per heavy atom. The molecular formula is C5H13NO. The molecule has 0 aliphatic heterocycles. The molecule has 0 saturated carbocycles. The van der Waals surface area contributed by atoms with Crippen LogP contribution in [0.5, 0.6) is 0 Å². The van der Waals surface area contributed by atoms with Gasteiger partial charge >= 0.3 is 0 Å². The molecule has 0 aromatic carbocycles. The molecular weight excluding hydrogens is 90.1 g/mol. The molecule has 0 aromatic rings. The van der Waals surface area contributed by atoms with Crippen molar-refractivity contribution < 1.29 is 6.22 Å². The van der Waals surface area contributed by atoms with Crippen molar-refractivity contribution in [3.8, 4) is 0 Å². The second-order valence-corrected chi connectivity index (χ2v) is 1.94. The van der Waals surface area contributed by atoms with Crippen LogP contribution < -0.4 is 0 Å². The highest BCUT2D eigenvalue weighted by molar-refractivity contribution is 5.77. The molecule has 2 heteroatoms. The van der Waals surface area contributed by atoms with Crippen LogP contribution in [0.15, 0.2) is 0 Å². The smallest absolute Gasteiger partial charge is 0.143 e. The molecule has 0 saturated heterocycles. The number of hydrogen-bond acceptors (Lipinski definition) is 2. The Kier molecular flexibility index (Phi) is 2.60. The molecule has 0 rings (SSSR count). The number of carbonyl (C=O) groups excluding carboxylic acids is 1. The predicted octanol–water partition coefficient (Wildman–Crippen LogP) is 0.383. The molecule has 7 heavy (non-hydrogen) atoms. The second kappa shape index (κ2) is 2.75. The summed E-state index contributed by atoms with van der Waals surface area (Å²) in [5.74, 6) is 0.213. The maximum absolute atomic E-state index is 10.2. The average Bonchev–Trinajstić information content (AvgIpc) is 1.27. The number of rotatable bonds is 2. The Morgan fingerprint density at radius 3 is 2.14 bits per heavy atom. The van der Waals surface area contributed by atoms with Crippen LogP contribution in [-0.2, 0) is 4.79 Å². The molecule has 0 bridgehead atoms. The second-order valence-electron chi connectivity index (χ2n) is 1.94. The van der Waals surface area contributed by atoms with Crippen LogP contribution in [0.4, 0.5) is 0 Å². The third-order valence-corrected chi connectivity index (χ3v) is 0.539. The summed E-state index contributed by atoms with van der Waals surface area (Å²) in [7, 11) is 3.75. The summed E-state index contributed by atoms with van der Waals surface area (Å²) in [5, 5.41) is 0. The van der Waals surface area contributed by atoms with Crippen LogP contribution in [0.1, 0.15) is 8.35 Å². The van der Waals surface area contributed by atoms with E-state index < -0.39 is 0 Å². The number of nitrogens with zero attached hydrogens (tertiary/aromatic N) is 1. The summed E-state index contributed by atoms with van der Waals surface area (Å²) in [6, 6.07) is 0. The van der Waals surface area contributed by atoms with Gasteiger partial charge in [-0.25, -0.2) is 0 Å². The summed E-state index contributed by atoms with van der Waals surface area (Å²) in [4.78, 5) is 12.1. The molecule has 0 amide bonds. The lowest BCUT2D eigenvalue weighted by atomic mass is 10.4. The summed E-state index contributed by atoms with van der Waals surface area (Å²) in [6.45, 7) is 2.14. The molecule has 0 radical (unpaired) electrons. The van der Waals surface area contributed by atoms with E-state index in [1.54, 1.807) is 6.92 Å². The minimum absolute atomic E-state index is 0. The first-order valence-corrected chi connectivity index (χ1v) is 2.27. The lowest BCUT2D eigenvalue weighted by molar-refractivity contribution is -0.117. The van der Waals surface area contributed by atoms with Crippen molar-refractivity contribution in [3.05, 3.63) is 0 Å². The minimum atomic E-state index is 0. The van der Waals surface area contributed by atoms with Gasteiger partial charge in [-0.2, -0.15) is 0 Å². The van der Waals surface area contributed by atoms with E-state index in [1.807, 2.05) is 19.0 Å². The van der Waals surface area contributed by atoms with Crippen molar-refractivity contribution in [2.24, 2.45) is 0 Å². The zero-order valence-corrected chi connectivity index (χ0v) is 5.06. The lowest BCUT2D eigenvalue weighted by Gasteiger charge is -2.03. The Bertz CT molecular complexity index is 72.8. The molecule has 0 spiro atoms. The van der Waals surface area contributed by atoms with Crippen LogP contribution in [0.25, 0.3) is 0 Å². The monoisotopic (exact) mass is 103 g/mol. The first-order valence-electron chi connectivity index (χ1n) is 2.27. The van der Waals surface area contributed by atoms with Gasteiger partial charge in [-0.15, -0.1) is 0 Å².